The highest BCUT2D eigenvalue weighted by Crippen LogP contribution is 2.64. The van der Waals surface area contributed by atoms with Crippen molar-refractivity contribution in [2.24, 2.45) is 28.6 Å². The Labute approximate surface area is 149 Å². The molecule has 4 aliphatic carbocycles. The number of allylic oxidation sites excluding steroid dienone is 1. The van der Waals surface area contributed by atoms with Gasteiger partial charge >= 0.3 is 5.97 Å². The third-order valence-electron chi connectivity index (χ3n) is 7.98. The van der Waals surface area contributed by atoms with Crippen molar-refractivity contribution < 1.29 is 19.1 Å². The van der Waals surface area contributed by atoms with Gasteiger partial charge in [0.1, 0.15) is 0 Å². The average molecular weight is 344 g/mol. The van der Waals surface area contributed by atoms with Crippen molar-refractivity contribution in [3.05, 3.63) is 11.6 Å². The maximum atomic E-state index is 12.9. The fraction of sp³-hybridized carbons (Fsp3) is 0.762. The van der Waals surface area contributed by atoms with Gasteiger partial charge in [-0.05, 0) is 67.8 Å². The zero-order valence-corrected chi connectivity index (χ0v) is 15.5. The second kappa shape index (κ2) is 5.52. The van der Waals surface area contributed by atoms with Crippen LogP contribution in [0.15, 0.2) is 11.6 Å². The van der Waals surface area contributed by atoms with E-state index in [0.717, 1.165) is 32.1 Å². The second-order valence-electron chi connectivity index (χ2n) is 9.12. The van der Waals surface area contributed by atoms with E-state index in [2.05, 4.69) is 13.8 Å². The van der Waals surface area contributed by atoms with Crippen LogP contribution in [0.25, 0.3) is 0 Å². The highest BCUT2D eigenvalue weighted by molar-refractivity contribution is 5.93. The van der Waals surface area contributed by atoms with Crippen molar-refractivity contribution in [3.8, 4) is 0 Å². The minimum Gasteiger partial charge on any atom is -0.455 e. The van der Waals surface area contributed by atoms with Gasteiger partial charge in [-0.25, -0.2) is 0 Å². The molecule has 3 fully saturated rings. The first kappa shape index (κ1) is 17.0. The maximum absolute atomic E-state index is 12.9. The molecule has 0 unspecified atom stereocenters. The third-order valence-corrected chi connectivity index (χ3v) is 7.98. The quantitative estimate of drug-likeness (QED) is 0.682. The van der Waals surface area contributed by atoms with E-state index in [-0.39, 0.29) is 28.4 Å². The van der Waals surface area contributed by atoms with E-state index >= 15 is 0 Å². The monoisotopic (exact) mass is 344 g/mol. The molecule has 0 spiro atoms. The zero-order chi connectivity index (χ0) is 18.0. The molecule has 0 heterocycles. The number of ketones is 2. The van der Waals surface area contributed by atoms with Crippen LogP contribution >= 0.6 is 0 Å². The molecule has 4 aliphatic rings. The summed E-state index contributed by atoms with van der Waals surface area (Å²) in [5, 5.41) is 0. The predicted octanol–water partition coefficient (Wildman–Crippen LogP) is 3.63. The normalized spacial score (nSPS) is 46.0. The SMILES string of the molecule is CC(=O)O[C@@H]1C[C@H]2[C@@H]3CCC4=CC(=O)CC[C@]4(C)[C@@H]3CC[C@@]2(C)C1=O. The summed E-state index contributed by atoms with van der Waals surface area (Å²) in [6.45, 7) is 5.82. The van der Waals surface area contributed by atoms with Gasteiger partial charge in [0.05, 0.1) is 0 Å². The Balaban J connectivity index is 1.65. The number of Topliss-reactive ketones (excluding diaryl/α,β-unsaturated/α-hetero) is 1. The Morgan fingerprint density at radius 3 is 2.56 bits per heavy atom. The van der Waals surface area contributed by atoms with Gasteiger partial charge in [-0.1, -0.05) is 19.4 Å². The third kappa shape index (κ3) is 2.36. The fourth-order valence-corrected chi connectivity index (χ4v) is 6.63. The van der Waals surface area contributed by atoms with Gasteiger partial charge in [0.15, 0.2) is 17.7 Å². The average Bonchev–Trinajstić information content (AvgIpc) is 2.79. The summed E-state index contributed by atoms with van der Waals surface area (Å²) in [4.78, 5) is 36.2. The summed E-state index contributed by atoms with van der Waals surface area (Å²) in [6, 6.07) is 0. The lowest BCUT2D eigenvalue weighted by atomic mass is 9.47. The maximum Gasteiger partial charge on any atom is 0.303 e. The molecule has 0 aromatic heterocycles. The van der Waals surface area contributed by atoms with Gasteiger partial charge in [0.25, 0.3) is 0 Å². The number of hydrogen-bond acceptors (Lipinski definition) is 4. The first-order chi connectivity index (χ1) is 11.8. The first-order valence-corrected chi connectivity index (χ1v) is 9.71. The van der Waals surface area contributed by atoms with Crippen LogP contribution in [-0.4, -0.2) is 23.6 Å². The van der Waals surface area contributed by atoms with Crippen molar-refractivity contribution in [2.75, 3.05) is 0 Å². The van der Waals surface area contributed by atoms with Gasteiger partial charge in [-0.3, -0.25) is 14.4 Å². The zero-order valence-electron chi connectivity index (χ0n) is 15.5. The smallest absolute Gasteiger partial charge is 0.303 e. The molecule has 25 heavy (non-hydrogen) atoms. The number of hydrogen-bond donors (Lipinski definition) is 0. The lowest BCUT2D eigenvalue weighted by molar-refractivity contribution is -0.153. The number of rotatable bonds is 1. The van der Waals surface area contributed by atoms with Crippen LogP contribution in [0.4, 0.5) is 0 Å². The molecule has 0 N–H and O–H groups in total. The molecule has 3 saturated carbocycles. The predicted molar refractivity (Wildman–Crippen MR) is 92.7 cm³/mol. The lowest BCUT2D eigenvalue weighted by Crippen LogP contribution is -2.50. The van der Waals surface area contributed by atoms with E-state index in [1.807, 2.05) is 6.08 Å². The highest BCUT2D eigenvalue weighted by atomic mass is 16.5. The number of carbonyl (C=O) groups excluding carboxylic acids is 3. The Bertz CT molecular complexity index is 677. The van der Waals surface area contributed by atoms with E-state index < -0.39 is 6.10 Å². The second-order valence-corrected chi connectivity index (χ2v) is 9.12. The van der Waals surface area contributed by atoms with E-state index in [1.54, 1.807) is 0 Å². The van der Waals surface area contributed by atoms with Crippen LogP contribution in [0.2, 0.25) is 0 Å². The van der Waals surface area contributed by atoms with Crippen LogP contribution in [0.5, 0.6) is 0 Å². The number of carbonyl (C=O) groups is 3. The summed E-state index contributed by atoms with van der Waals surface area (Å²) in [6.07, 6.45) is 7.60. The molecule has 136 valence electrons. The highest BCUT2D eigenvalue weighted by Gasteiger charge is 2.62. The van der Waals surface area contributed by atoms with Crippen LogP contribution in [-0.2, 0) is 19.1 Å². The first-order valence-electron chi connectivity index (χ1n) is 9.71. The molecule has 0 saturated heterocycles. The van der Waals surface area contributed by atoms with Crippen LogP contribution in [0, 0.1) is 28.6 Å². The summed E-state index contributed by atoms with van der Waals surface area (Å²) >= 11 is 0. The fourth-order valence-electron chi connectivity index (χ4n) is 6.63. The summed E-state index contributed by atoms with van der Waals surface area (Å²) < 4.78 is 5.36. The van der Waals surface area contributed by atoms with E-state index in [1.165, 1.54) is 12.5 Å². The molecule has 4 rings (SSSR count). The Hall–Kier alpha value is -1.45. The van der Waals surface area contributed by atoms with Crippen molar-refractivity contribution in [3.63, 3.8) is 0 Å². The summed E-state index contributed by atoms with van der Waals surface area (Å²) in [7, 11) is 0. The van der Waals surface area contributed by atoms with Gasteiger partial charge in [0, 0.05) is 18.8 Å². The molecule has 0 radical (unpaired) electrons. The van der Waals surface area contributed by atoms with Crippen molar-refractivity contribution in [1.82, 2.24) is 0 Å². The topological polar surface area (TPSA) is 60.4 Å². The molecule has 0 bridgehead atoms. The van der Waals surface area contributed by atoms with Gasteiger partial charge < -0.3 is 4.74 Å². The molecule has 4 heteroatoms. The standard InChI is InChI=1S/C21H28O4/c1-12(22)25-18-11-17-15-5-4-13-10-14(23)6-8-20(13,2)16(15)7-9-21(17,3)19(18)24/h10,15-18H,4-9,11H2,1-3H3/t15-,16-,17+,18-,20+,21-/m1/s1. The van der Waals surface area contributed by atoms with Crippen molar-refractivity contribution in [2.45, 2.75) is 71.8 Å². The van der Waals surface area contributed by atoms with E-state index in [4.69, 9.17) is 4.74 Å². The van der Waals surface area contributed by atoms with Crippen molar-refractivity contribution in [1.29, 1.82) is 0 Å². The Morgan fingerprint density at radius 2 is 1.84 bits per heavy atom. The largest absolute Gasteiger partial charge is 0.455 e. The molecular weight excluding hydrogens is 316 g/mol. The number of ether oxygens (including phenoxy) is 1. The Morgan fingerprint density at radius 1 is 1.08 bits per heavy atom. The minimum absolute atomic E-state index is 0.112. The molecule has 0 amide bonds. The number of fused-ring (bicyclic) bond motifs is 5. The summed E-state index contributed by atoms with van der Waals surface area (Å²) in [5.74, 6) is 1.40. The Kier molecular flexibility index (Phi) is 3.75. The molecule has 0 aromatic carbocycles. The number of esters is 1. The summed E-state index contributed by atoms with van der Waals surface area (Å²) in [5.41, 5.74) is 1.11. The van der Waals surface area contributed by atoms with Crippen molar-refractivity contribution >= 4 is 17.5 Å². The van der Waals surface area contributed by atoms with Gasteiger partial charge in [-0.2, -0.15) is 0 Å². The van der Waals surface area contributed by atoms with Crippen LogP contribution in [0.1, 0.15) is 65.7 Å². The molecule has 0 aliphatic heterocycles. The lowest BCUT2D eigenvalue weighted by Gasteiger charge is -2.56. The molecule has 0 aromatic rings. The van der Waals surface area contributed by atoms with Crippen LogP contribution < -0.4 is 0 Å². The minimum atomic E-state index is -0.552. The molecular formula is C21H28O4. The van der Waals surface area contributed by atoms with Crippen LogP contribution in [0.3, 0.4) is 0 Å². The molecule has 6 atom stereocenters. The van der Waals surface area contributed by atoms with Gasteiger partial charge in [0.2, 0.25) is 0 Å². The van der Waals surface area contributed by atoms with Gasteiger partial charge in [-0.15, -0.1) is 0 Å². The molecule has 4 nitrogen and oxygen atoms in total. The van der Waals surface area contributed by atoms with E-state index in [0.29, 0.717) is 30.6 Å². The van der Waals surface area contributed by atoms with E-state index in [9.17, 15) is 14.4 Å².